The summed E-state index contributed by atoms with van der Waals surface area (Å²) in [6.07, 6.45) is 0.406. The molecule has 0 aliphatic carbocycles. The van der Waals surface area contributed by atoms with Crippen LogP contribution in [0.25, 0.3) is 0 Å². The van der Waals surface area contributed by atoms with Crippen LogP contribution in [0.4, 0.5) is 10.5 Å². The van der Waals surface area contributed by atoms with Gasteiger partial charge in [-0.25, -0.2) is 9.79 Å². The first-order chi connectivity index (χ1) is 13.6. The number of amides is 1. The number of carbonyl (C=O) groups is 1. The Kier molecular flexibility index (Phi) is 11.6. The van der Waals surface area contributed by atoms with Gasteiger partial charge in [0.1, 0.15) is 5.75 Å². The van der Waals surface area contributed by atoms with Crippen molar-refractivity contribution in [3.05, 3.63) is 59.7 Å². The maximum Gasteiger partial charge on any atom is 0.411 e. The molecule has 2 rings (SSSR count). The Hall–Kier alpha value is -2.49. The number of hydrogen-bond acceptors (Lipinski definition) is 4. The van der Waals surface area contributed by atoms with Crippen molar-refractivity contribution in [1.82, 2.24) is 10.6 Å². The van der Waals surface area contributed by atoms with E-state index in [1.165, 1.54) is 12.7 Å². The molecule has 0 spiro atoms. The van der Waals surface area contributed by atoms with Gasteiger partial charge in [0, 0.05) is 18.8 Å². The molecule has 0 saturated carbocycles. The summed E-state index contributed by atoms with van der Waals surface area (Å²) in [7, 11) is 3.00. The van der Waals surface area contributed by atoms with Gasteiger partial charge in [0.05, 0.1) is 20.8 Å². The Morgan fingerprint density at radius 3 is 2.21 bits per heavy atom. The molecule has 158 valence electrons. The minimum absolute atomic E-state index is 0. The minimum Gasteiger partial charge on any atom is -0.497 e. The van der Waals surface area contributed by atoms with Crippen LogP contribution in [-0.2, 0) is 17.7 Å². The van der Waals surface area contributed by atoms with Crippen molar-refractivity contribution in [3.63, 3.8) is 0 Å². The summed E-state index contributed by atoms with van der Waals surface area (Å²) in [4.78, 5) is 15.8. The predicted octanol–water partition coefficient (Wildman–Crippen LogP) is 3.79. The van der Waals surface area contributed by atoms with Gasteiger partial charge in [-0.15, -0.1) is 24.0 Å². The van der Waals surface area contributed by atoms with E-state index in [1.54, 1.807) is 7.11 Å². The average molecular weight is 512 g/mol. The zero-order valence-electron chi connectivity index (χ0n) is 17.0. The van der Waals surface area contributed by atoms with E-state index in [0.717, 1.165) is 36.8 Å². The number of hydrogen-bond donors (Lipinski definition) is 3. The number of anilines is 1. The average Bonchev–Trinajstić information content (AvgIpc) is 2.73. The van der Waals surface area contributed by atoms with Gasteiger partial charge in [-0.1, -0.05) is 24.3 Å². The normalized spacial score (nSPS) is 10.5. The van der Waals surface area contributed by atoms with Gasteiger partial charge in [-0.3, -0.25) is 5.32 Å². The SMILES string of the molecule is CCNC(=NCc1ccc(NC(=O)OC)cc1)NCCc1ccc(OC)cc1.I. The van der Waals surface area contributed by atoms with E-state index in [1.807, 2.05) is 43.3 Å². The fraction of sp³-hybridized carbons (Fsp3) is 0.333. The van der Waals surface area contributed by atoms with Crippen molar-refractivity contribution >= 4 is 41.7 Å². The third-order valence-electron chi connectivity index (χ3n) is 4.01. The van der Waals surface area contributed by atoms with Gasteiger partial charge in [0.15, 0.2) is 5.96 Å². The first kappa shape index (κ1) is 24.5. The summed E-state index contributed by atoms with van der Waals surface area (Å²) >= 11 is 0. The van der Waals surface area contributed by atoms with Gasteiger partial charge in [0.2, 0.25) is 0 Å². The standard InChI is InChI=1S/C21H28N4O3.HI/c1-4-22-20(23-14-13-16-7-11-19(27-2)12-8-16)24-15-17-5-9-18(10-6-17)25-21(26)28-3;/h5-12H,4,13-15H2,1-3H3,(H,25,26)(H2,22,23,24);1H. The molecule has 1 amide bonds. The third kappa shape index (κ3) is 9.03. The van der Waals surface area contributed by atoms with Gasteiger partial charge in [0.25, 0.3) is 0 Å². The molecule has 29 heavy (non-hydrogen) atoms. The van der Waals surface area contributed by atoms with Crippen molar-refractivity contribution in [2.24, 2.45) is 4.99 Å². The van der Waals surface area contributed by atoms with Crippen LogP contribution >= 0.6 is 24.0 Å². The highest BCUT2D eigenvalue weighted by Gasteiger charge is 2.02. The zero-order chi connectivity index (χ0) is 20.2. The Morgan fingerprint density at radius 2 is 1.62 bits per heavy atom. The number of methoxy groups -OCH3 is 2. The summed E-state index contributed by atoms with van der Waals surface area (Å²) in [5, 5.41) is 9.22. The second-order valence-electron chi connectivity index (χ2n) is 6.03. The number of rotatable bonds is 8. The van der Waals surface area contributed by atoms with Crippen LogP contribution in [0.2, 0.25) is 0 Å². The van der Waals surface area contributed by atoms with E-state index in [2.05, 4.69) is 37.8 Å². The summed E-state index contributed by atoms with van der Waals surface area (Å²) in [6, 6.07) is 15.6. The molecule has 8 heteroatoms. The van der Waals surface area contributed by atoms with E-state index < -0.39 is 6.09 Å². The van der Waals surface area contributed by atoms with Crippen molar-refractivity contribution in [1.29, 1.82) is 0 Å². The van der Waals surface area contributed by atoms with Gasteiger partial charge in [-0.2, -0.15) is 0 Å². The van der Waals surface area contributed by atoms with Crippen LogP contribution in [-0.4, -0.2) is 39.4 Å². The lowest BCUT2D eigenvalue weighted by Gasteiger charge is -2.12. The Morgan fingerprint density at radius 1 is 0.966 bits per heavy atom. The van der Waals surface area contributed by atoms with E-state index in [-0.39, 0.29) is 24.0 Å². The fourth-order valence-corrected chi connectivity index (χ4v) is 2.49. The lowest BCUT2D eigenvalue weighted by atomic mass is 10.1. The molecule has 0 bridgehead atoms. The predicted molar refractivity (Wildman–Crippen MR) is 127 cm³/mol. The molecule has 0 saturated heterocycles. The summed E-state index contributed by atoms with van der Waals surface area (Å²) in [6.45, 7) is 4.14. The molecule has 0 aliphatic rings. The van der Waals surface area contributed by atoms with Crippen molar-refractivity contribution in [2.75, 3.05) is 32.6 Å². The number of aliphatic imine (C=N–C) groups is 1. The molecule has 3 N–H and O–H groups in total. The molecule has 0 aromatic heterocycles. The first-order valence-corrected chi connectivity index (χ1v) is 9.23. The minimum atomic E-state index is -0.485. The fourth-order valence-electron chi connectivity index (χ4n) is 2.49. The van der Waals surface area contributed by atoms with E-state index >= 15 is 0 Å². The smallest absolute Gasteiger partial charge is 0.411 e. The van der Waals surface area contributed by atoms with Crippen LogP contribution in [0.3, 0.4) is 0 Å². The van der Waals surface area contributed by atoms with E-state index in [0.29, 0.717) is 12.2 Å². The van der Waals surface area contributed by atoms with Crippen molar-refractivity contribution < 1.29 is 14.3 Å². The second kappa shape index (κ2) is 13.6. The molecule has 0 heterocycles. The highest BCUT2D eigenvalue weighted by Crippen LogP contribution is 2.12. The number of nitrogens with one attached hydrogen (secondary N) is 3. The van der Waals surface area contributed by atoms with Crippen molar-refractivity contribution in [2.45, 2.75) is 19.9 Å². The lowest BCUT2D eigenvalue weighted by molar-refractivity contribution is 0.187. The topological polar surface area (TPSA) is 84.0 Å². The number of nitrogens with zero attached hydrogens (tertiary/aromatic N) is 1. The third-order valence-corrected chi connectivity index (χ3v) is 4.01. The molecule has 2 aromatic carbocycles. The summed E-state index contributed by atoms with van der Waals surface area (Å²) in [5.41, 5.74) is 2.96. The van der Waals surface area contributed by atoms with Gasteiger partial charge in [-0.05, 0) is 48.7 Å². The van der Waals surface area contributed by atoms with E-state index in [4.69, 9.17) is 4.74 Å². The highest BCUT2D eigenvalue weighted by molar-refractivity contribution is 14.0. The highest BCUT2D eigenvalue weighted by atomic mass is 127. The van der Waals surface area contributed by atoms with E-state index in [9.17, 15) is 4.79 Å². The molecule has 7 nitrogen and oxygen atoms in total. The van der Waals surface area contributed by atoms with Crippen molar-refractivity contribution in [3.8, 4) is 5.75 Å². The largest absolute Gasteiger partial charge is 0.497 e. The summed E-state index contributed by atoms with van der Waals surface area (Å²) < 4.78 is 9.75. The summed E-state index contributed by atoms with van der Waals surface area (Å²) in [5.74, 6) is 1.63. The van der Waals surface area contributed by atoms with Crippen LogP contribution in [0.1, 0.15) is 18.1 Å². The maximum absolute atomic E-state index is 11.2. The Labute approximate surface area is 189 Å². The molecule has 0 fully saturated rings. The van der Waals surface area contributed by atoms with Crippen LogP contribution in [0.5, 0.6) is 5.75 Å². The molecular formula is C21H29IN4O3. The number of benzene rings is 2. The second-order valence-corrected chi connectivity index (χ2v) is 6.03. The van der Waals surface area contributed by atoms with Gasteiger partial charge < -0.3 is 20.1 Å². The molecule has 2 aromatic rings. The molecular weight excluding hydrogens is 483 g/mol. The zero-order valence-corrected chi connectivity index (χ0v) is 19.4. The lowest BCUT2D eigenvalue weighted by Crippen LogP contribution is -2.38. The number of ether oxygens (including phenoxy) is 2. The number of carbonyl (C=O) groups excluding carboxylic acids is 1. The van der Waals surface area contributed by atoms with Crippen LogP contribution < -0.4 is 20.7 Å². The molecule has 0 aliphatic heterocycles. The molecule has 0 atom stereocenters. The maximum atomic E-state index is 11.2. The molecule has 0 radical (unpaired) electrons. The molecule has 0 unspecified atom stereocenters. The van der Waals surface area contributed by atoms with Crippen LogP contribution in [0, 0.1) is 0 Å². The van der Waals surface area contributed by atoms with Crippen LogP contribution in [0.15, 0.2) is 53.5 Å². The Balaban J connectivity index is 0.00000420. The number of guanidine groups is 1. The first-order valence-electron chi connectivity index (χ1n) is 9.23. The quantitative estimate of drug-likeness (QED) is 0.285. The van der Waals surface area contributed by atoms with Gasteiger partial charge >= 0.3 is 6.09 Å². The monoisotopic (exact) mass is 512 g/mol. The Bertz CT molecular complexity index is 765. The number of halogens is 1.